The molecule has 0 bridgehead atoms. The molecule has 36 heavy (non-hydrogen) atoms. The third-order valence-corrected chi connectivity index (χ3v) is 6.26. The summed E-state index contributed by atoms with van der Waals surface area (Å²) in [4.78, 5) is 0. The number of anilines is 1. The van der Waals surface area contributed by atoms with Gasteiger partial charge in [-0.3, -0.25) is 5.43 Å². The molecule has 0 aliphatic heterocycles. The number of nitrogens with one attached hydrogen (secondary N) is 3. The third kappa shape index (κ3) is 6.28. The lowest BCUT2D eigenvalue weighted by Crippen LogP contribution is -2.24. The average Bonchev–Trinajstić information content (AvgIpc) is 3.24. The Morgan fingerprint density at radius 1 is 1.03 bits per heavy atom. The molecule has 1 atom stereocenters. The van der Waals surface area contributed by atoms with Gasteiger partial charge >= 0.3 is 6.36 Å². The van der Waals surface area contributed by atoms with E-state index in [2.05, 4.69) is 20.6 Å². The average molecular weight is 511 g/mol. The van der Waals surface area contributed by atoms with E-state index >= 15 is 0 Å². The van der Waals surface area contributed by atoms with E-state index in [0.717, 1.165) is 33.5 Å². The molecule has 0 fully saturated rings. The smallest absolute Gasteiger partial charge is 0.406 e. The summed E-state index contributed by atoms with van der Waals surface area (Å²) in [7, 11) is 0. The molecule has 1 aliphatic rings. The summed E-state index contributed by atoms with van der Waals surface area (Å²) in [5.41, 5.74) is 10.1. The van der Waals surface area contributed by atoms with Crippen LogP contribution in [-0.2, 0) is 12.8 Å². The molecule has 186 valence electrons. The summed E-state index contributed by atoms with van der Waals surface area (Å²) in [6, 6.07) is 17.5. The SMILES string of the molecule is Cc1cccc(C)c1NC(=S)NN=Cc1ccc2c(c1)CC(C(=N)c1ccc(OC(F)(F)F)cc1)C2. The zero-order chi connectivity index (χ0) is 25.9. The van der Waals surface area contributed by atoms with Gasteiger partial charge in [-0.15, -0.1) is 13.2 Å². The summed E-state index contributed by atoms with van der Waals surface area (Å²) < 4.78 is 41.0. The first-order valence-corrected chi connectivity index (χ1v) is 11.7. The first kappa shape index (κ1) is 25.4. The molecule has 0 spiro atoms. The number of halogens is 3. The standard InChI is InChI=1S/C27H25F3N4OS/c1-16-4-3-5-17(2)25(16)33-26(36)34-32-15-18-6-7-20-13-22(14-21(20)12-18)24(31)19-8-10-23(11-9-19)35-27(28,29)30/h3-12,15,22,31H,13-14H2,1-2H3,(H2,33,34,36). The predicted octanol–water partition coefficient (Wildman–Crippen LogP) is 6.31. The van der Waals surface area contributed by atoms with Crippen molar-refractivity contribution in [2.45, 2.75) is 33.1 Å². The minimum absolute atomic E-state index is 0.0474. The number of alkyl halides is 3. The van der Waals surface area contributed by atoms with Crippen LogP contribution in [0.25, 0.3) is 0 Å². The van der Waals surface area contributed by atoms with Crippen LogP contribution in [0.5, 0.6) is 5.75 Å². The normalized spacial score (nSPS) is 15.0. The van der Waals surface area contributed by atoms with Crippen LogP contribution in [0.1, 0.15) is 33.4 Å². The van der Waals surface area contributed by atoms with Crippen LogP contribution in [0, 0.1) is 25.2 Å². The van der Waals surface area contributed by atoms with E-state index in [4.69, 9.17) is 17.6 Å². The molecule has 0 radical (unpaired) electrons. The number of benzene rings is 3. The molecule has 3 N–H and O–H groups in total. The monoisotopic (exact) mass is 510 g/mol. The van der Waals surface area contributed by atoms with Crippen LogP contribution in [-0.4, -0.2) is 23.4 Å². The van der Waals surface area contributed by atoms with Gasteiger partial charge in [-0.2, -0.15) is 5.10 Å². The lowest BCUT2D eigenvalue weighted by Gasteiger charge is -2.13. The Hall–Kier alpha value is -3.72. The highest BCUT2D eigenvalue weighted by Crippen LogP contribution is 2.31. The zero-order valence-electron chi connectivity index (χ0n) is 19.7. The number of thiocarbonyl (C=S) groups is 1. The lowest BCUT2D eigenvalue weighted by molar-refractivity contribution is -0.274. The first-order valence-electron chi connectivity index (χ1n) is 11.3. The van der Waals surface area contributed by atoms with Crippen molar-refractivity contribution >= 4 is 34.9 Å². The number of ether oxygens (including phenoxy) is 1. The number of para-hydroxylation sites is 1. The number of hydrogen-bond acceptors (Lipinski definition) is 4. The van der Waals surface area contributed by atoms with Crippen molar-refractivity contribution in [3.8, 4) is 5.75 Å². The second-order valence-corrected chi connectivity index (χ2v) is 9.12. The van der Waals surface area contributed by atoms with Gasteiger partial charge in [0.05, 0.1) is 6.21 Å². The van der Waals surface area contributed by atoms with Crippen molar-refractivity contribution < 1.29 is 17.9 Å². The van der Waals surface area contributed by atoms with Gasteiger partial charge in [0, 0.05) is 17.3 Å². The van der Waals surface area contributed by atoms with Crippen molar-refractivity contribution in [2.75, 3.05) is 5.32 Å². The Kier molecular flexibility index (Phi) is 7.40. The number of rotatable bonds is 6. The molecule has 9 heteroatoms. The van der Waals surface area contributed by atoms with E-state index < -0.39 is 6.36 Å². The van der Waals surface area contributed by atoms with Gasteiger partial charge in [-0.05, 0) is 103 Å². The fourth-order valence-corrected chi connectivity index (χ4v) is 4.47. The van der Waals surface area contributed by atoms with Gasteiger partial charge in [-0.25, -0.2) is 0 Å². The molecule has 3 aromatic rings. The second kappa shape index (κ2) is 10.5. The van der Waals surface area contributed by atoms with Crippen LogP contribution in [0.2, 0.25) is 0 Å². The Balaban J connectivity index is 1.35. The predicted molar refractivity (Wildman–Crippen MR) is 140 cm³/mol. The van der Waals surface area contributed by atoms with Crippen LogP contribution in [0.4, 0.5) is 18.9 Å². The topological polar surface area (TPSA) is 69.5 Å². The number of nitrogens with zero attached hydrogens (tertiary/aromatic N) is 1. The molecule has 0 aromatic heterocycles. The molecule has 3 aromatic carbocycles. The number of fused-ring (bicyclic) bond motifs is 1. The van der Waals surface area contributed by atoms with Crippen molar-refractivity contribution in [3.05, 3.63) is 94.0 Å². The third-order valence-electron chi connectivity index (χ3n) is 6.07. The highest BCUT2D eigenvalue weighted by atomic mass is 32.1. The highest BCUT2D eigenvalue weighted by Gasteiger charge is 2.31. The summed E-state index contributed by atoms with van der Waals surface area (Å²) in [5.74, 6) is -0.344. The van der Waals surface area contributed by atoms with E-state index in [1.54, 1.807) is 6.21 Å². The van der Waals surface area contributed by atoms with Gasteiger partial charge in [0.2, 0.25) is 0 Å². The van der Waals surface area contributed by atoms with Gasteiger partial charge in [0.15, 0.2) is 5.11 Å². The van der Waals surface area contributed by atoms with Crippen LogP contribution >= 0.6 is 12.2 Å². The van der Waals surface area contributed by atoms with E-state index in [1.807, 2.05) is 50.2 Å². The van der Waals surface area contributed by atoms with E-state index in [0.29, 0.717) is 29.2 Å². The summed E-state index contributed by atoms with van der Waals surface area (Å²) in [5, 5.41) is 16.4. The molecular weight excluding hydrogens is 485 g/mol. The molecular formula is C27H25F3N4OS. The Labute approximate surface area is 212 Å². The number of hydrazone groups is 1. The summed E-state index contributed by atoms with van der Waals surface area (Å²) >= 11 is 5.35. The molecule has 0 saturated carbocycles. The maximum absolute atomic E-state index is 12.4. The van der Waals surface area contributed by atoms with Crippen molar-refractivity contribution in [1.29, 1.82) is 5.41 Å². The molecule has 4 rings (SSSR count). The quantitative estimate of drug-likeness (QED) is 0.207. The largest absolute Gasteiger partial charge is 0.573 e. The molecule has 1 aliphatic carbocycles. The minimum Gasteiger partial charge on any atom is -0.406 e. The zero-order valence-corrected chi connectivity index (χ0v) is 20.6. The fraction of sp³-hybridized carbons (Fsp3) is 0.222. The molecule has 0 saturated heterocycles. The van der Waals surface area contributed by atoms with Crippen LogP contribution < -0.4 is 15.5 Å². The van der Waals surface area contributed by atoms with Crippen LogP contribution in [0.3, 0.4) is 0 Å². The second-order valence-electron chi connectivity index (χ2n) is 8.71. The number of aryl methyl sites for hydroxylation is 2. The van der Waals surface area contributed by atoms with Gasteiger partial charge in [-0.1, -0.05) is 30.3 Å². The van der Waals surface area contributed by atoms with E-state index in [1.165, 1.54) is 24.3 Å². The highest BCUT2D eigenvalue weighted by molar-refractivity contribution is 7.80. The van der Waals surface area contributed by atoms with E-state index in [-0.39, 0.29) is 11.7 Å². The van der Waals surface area contributed by atoms with Crippen LogP contribution in [0.15, 0.2) is 65.8 Å². The summed E-state index contributed by atoms with van der Waals surface area (Å²) in [6.07, 6.45) is -1.66. The molecule has 5 nitrogen and oxygen atoms in total. The molecule has 0 heterocycles. The maximum Gasteiger partial charge on any atom is 0.573 e. The van der Waals surface area contributed by atoms with Crippen molar-refractivity contribution in [3.63, 3.8) is 0 Å². The fourth-order valence-electron chi connectivity index (χ4n) is 4.31. The minimum atomic E-state index is -4.74. The Morgan fingerprint density at radius 3 is 2.36 bits per heavy atom. The van der Waals surface area contributed by atoms with Gasteiger partial charge < -0.3 is 15.5 Å². The molecule has 0 amide bonds. The summed E-state index contributed by atoms with van der Waals surface area (Å²) in [6.45, 7) is 4.02. The van der Waals surface area contributed by atoms with Crippen molar-refractivity contribution in [1.82, 2.24) is 5.43 Å². The first-order chi connectivity index (χ1) is 17.1. The Bertz CT molecular complexity index is 1300. The Morgan fingerprint density at radius 2 is 1.69 bits per heavy atom. The maximum atomic E-state index is 12.4. The number of hydrogen-bond donors (Lipinski definition) is 3. The van der Waals surface area contributed by atoms with Crippen molar-refractivity contribution in [2.24, 2.45) is 11.0 Å². The van der Waals surface area contributed by atoms with Gasteiger partial charge in [0.25, 0.3) is 0 Å². The molecule has 1 unspecified atom stereocenters. The van der Waals surface area contributed by atoms with E-state index in [9.17, 15) is 13.2 Å². The van der Waals surface area contributed by atoms with Gasteiger partial charge in [0.1, 0.15) is 5.75 Å². The lowest BCUT2D eigenvalue weighted by atomic mass is 9.94.